The van der Waals surface area contributed by atoms with Crippen molar-refractivity contribution < 1.29 is 0 Å². The second kappa shape index (κ2) is 6.18. The zero-order chi connectivity index (χ0) is 15.5. The first-order chi connectivity index (χ1) is 11.4. The van der Waals surface area contributed by atoms with Crippen molar-refractivity contribution in [3.63, 3.8) is 0 Å². The summed E-state index contributed by atoms with van der Waals surface area (Å²) < 4.78 is 0. The minimum atomic E-state index is 0.494. The van der Waals surface area contributed by atoms with Gasteiger partial charge >= 0.3 is 0 Å². The first-order valence-corrected chi connectivity index (χ1v) is 7.73. The molecule has 23 heavy (non-hydrogen) atoms. The van der Waals surface area contributed by atoms with E-state index >= 15 is 0 Å². The van der Waals surface area contributed by atoms with Crippen LogP contribution in [0.5, 0.6) is 0 Å². The number of hydrogen-bond donors (Lipinski definition) is 3. The summed E-state index contributed by atoms with van der Waals surface area (Å²) in [5.41, 5.74) is 5.10. The van der Waals surface area contributed by atoms with E-state index in [4.69, 9.17) is 0 Å². The van der Waals surface area contributed by atoms with Crippen molar-refractivity contribution in [3.05, 3.63) is 54.6 Å². The van der Waals surface area contributed by atoms with E-state index in [0.29, 0.717) is 6.04 Å². The normalized spacial score (nSPS) is 14.4. The lowest BCUT2D eigenvalue weighted by atomic mass is 10.1. The third-order valence-electron chi connectivity index (χ3n) is 3.98. The highest BCUT2D eigenvalue weighted by molar-refractivity contribution is 5.74. The molecule has 6 heteroatoms. The summed E-state index contributed by atoms with van der Waals surface area (Å²) in [5.74, 6) is 0. The largest absolute Gasteiger partial charge is 0.378 e. The third kappa shape index (κ3) is 3.07. The molecule has 0 radical (unpaired) electrons. The molecule has 0 saturated carbocycles. The molecular weight excluding hydrogens is 288 g/mol. The Balaban J connectivity index is 1.49. The van der Waals surface area contributed by atoms with E-state index in [9.17, 15) is 0 Å². The van der Waals surface area contributed by atoms with E-state index in [-0.39, 0.29) is 0 Å². The van der Waals surface area contributed by atoms with Gasteiger partial charge in [-0.2, -0.15) is 0 Å². The summed E-state index contributed by atoms with van der Waals surface area (Å²) >= 11 is 0. The predicted octanol–water partition coefficient (Wildman–Crippen LogP) is 2.02. The van der Waals surface area contributed by atoms with E-state index in [1.165, 1.54) is 0 Å². The van der Waals surface area contributed by atoms with Gasteiger partial charge < -0.3 is 16.0 Å². The van der Waals surface area contributed by atoms with Crippen molar-refractivity contribution in [2.45, 2.75) is 12.6 Å². The Morgan fingerprint density at radius 3 is 2.70 bits per heavy atom. The summed E-state index contributed by atoms with van der Waals surface area (Å²) in [6.07, 6.45) is 7.10. The van der Waals surface area contributed by atoms with Crippen LogP contribution in [0.3, 0.4) is 0 Å². The monoisotopic (exact) mass is 306 g/mol. The maximum Gasteiger partial charge on any atom is 0.0890 e. The van der Waals surface area contributed by atoms with Gasteiger partial charge in [0.15, 0.2) is 0 Å². The molecule has 0 amide bonds. The smallest absolute Gasteiger partial charge is 0.0890 e. The van der Waals surface area contributed by atoms with Gasteiger partial charge in [-0.25, -0.2) is 0 Å². The van der Waals surface area contributed by atoms with Gasteiger partial charge in [0.05, 0.1) is 34.6 Å². The Hall–Kier alpha value is -2.73. The second-order valence-corrected chi connectivity index (χ2v) is 5.65. The van der Waals surface area contributed by atoms with Gasteiger partial charge in [-0.1, -0.05) is 6.07 Å². The molecule has 3 aromatic rings. The molecule has 0 spiro atoms. The van der Waals surface area contributed by atoms with Crippen molar-refractivity contribution in [3.8, 4) is 0 Å². The van der Waals surface area contributed by atoms with Crippen LogP contribution in [0.2, 0.25) is 0 Å². The highest BCUT2D eigenvalue weighted by Gasteiger charge is 2.17. The van der Waals surface area contributed by atoms with Crippen LogP contribution < -0.4 is 16.0 Å². The fraction of sp³-hybridized carbons (Fsp3) is 0.235. The predicted molar refractivity (Wildman–Crippen MR) is 91.4 cm³/mol. The van der Waals surface area contributed by atoms with Crippen LogP contribution in [0.1, 0.15) is 5.56 Å². The molecule has 1 fully saturated rings. The molecule has 1 aromatic carbocycles. The molecule has 116 valence electrons. The lowest BCUT2D eigenvalue weighted by Crippen LogP contribution is -2.51. The van der Waals surface area contributed by atoms with Gasteiger partial charge in [-0.15, -0.1) is 0 Å². The minimum Gasteiger partial charge on any atom is -0.378 e. The molecule has 0 bridgehead atoms. The van der Waals surface area contributed by atoms with Crippen molar-refractivity contribution in [2.75, 3.05) is 23.7 Å². The molecule has 2 aromatic heterocycles. The SMILES string of the molecule is c1cc(NC2CNC2)c(NCc2ccc3nccnc3c2)cn1. The van der Waals surface area contributed by atoms with Crippen LogP contribution in [0.25, 0.3) is 11.0 Å². The van der Waals surface area contributed by atoms with Crippen LogP contribution in [0, 0.1) is 0 Å². The molecule has 6 nitrogen and oxygen atoms in total. The average molecular weight is 306 g/mol. The molecular formula is C17H18N6. The quantitative estimate of drug-likeness (QED) is 0.670. The molecule has 1 aliphatic rings. The minimum absolute atomic E-state index is 0.494. The summed E-state index contributed by atoms with van der Waals surface area (Å²) in [6, 6.07) is 8.64. The van der Waals surface area contributed by atoms with Crippen molar-refractivity contribution in [1.29, 1.82) is 0 Å². The summed E-state index contributed by atoms with van der Waals surface area (Å²) in [4.78, 5) is 12.9. The van der Waals surface area contributed by atoms with Crippen LogP contribution in [-0.2, 0) is 6.54 Å². The lowest BCUT2D eigenvalue weighted by Gasteiger charge is -2.29. The summed E-state index contributed by atoms with van der Waals surface area (Å²) in [6.45, 7) is 2.73. The van der Waals surface area contributed by atoms with Crippen LogP contribution in [0.15, 0.2) is 49.1 Å². The molecule has 1 aliphatic heterocycles. The number of nitrogens with zero attached hydrogens (tertiary/aromatic N) is 3. The van der Waals surface area contributed by atoms with E-state index in [1.807, 2.05) is 24.5 Å². The topological polar surface area (TPSA) is 74.8 Å². The molecule has 3 heterocycles. The van der Waals surface area contributed by atoms with Gasteiger partial charge in [0.2, 0.25) is 0 Å². The summed E-state index contributed by atoms with van der Waals surface area (Å²) in [5, 5.41) is 10.2. The Morgan fingerprint density at radius 2 is 1.87 bits per heavy atom. The second-order valence-electron chi connectivity index (χ2n) is 5.65. The highest BCUT2D eigenvalue weighted by Crippen LogP contribution is 2.22. The maximum atomic E-state index is 4.35. The van der Waals surface area contributed by atoms with Crippen LogP contribution in [0.4, 0.5) is 11.4 Å². The number of fused-ring (bicyclic) bond motifs is 1. The average Bonchev–Trinajstić information content (AvgIpc) is 2.57. The van der Waals surface area contributed by atoms with Gasteiger partial charge in [-0.3, -0.25) is 15.0 Å². The van der Waals surface area contributed by atoms with E-state index in [2.05, 4.69) is 43.0 Å². The molecule has 4 rings (SSSR count). The number of anilines is 2. The Kier molecular flexibility index (Phi) is 3.73. The number of hydrogen-bond acceptors (Lipinski definition) is 6. The molecule has 3 N–H and O–H groups in total. The molecule has 0 aliphatic carbocycles. The van der Waals surface area contributed by atoms with Gasteiger partial charge in [0.25, 0.3) is 0 Å². The van der Waals surface area contributed by atoms with Crippen LogP contribution >= 0.6 is 0 Å². The lowest BCUT2D eigenvalue weighted by molar-refractivity contribution is 0.472. The molecule has 0 atom stereocenters. The number of nitrogens with one attached hydrogen (secondary N) is 3. The molecule has 0 unspecified atom stereocenters. The Labute approximate surface area is 134 Å². The Bertz CT molecular complexity index is 815. The fourth-order valence-electron chi connectivity index (χ4n) is 2.59. The number of rotatable bonds is 5. The van der Waals surface area contributed by atoms with E-state index in [0.717, 1.165) is 47.6 Å². The first kappa shape index (κ1) is 13.9. The standard InChI is InChI=1S/C17H18N6/c1-2-14-16(21-6-5-20-14)7-12(1)8-22-17-11-18-4-3-15(17)23-13-9-19-10-13/h1-7,11,13,19,22H,8-10H2,(H,18,23). The molecule has 1 saturated heterocycles. The number of aromatic nitrogens is 3. The highest BCUT2D eigenvalue weighted by atomic mass is 15.1. The van der Waals surface area contributed by atoms with Crippen molar-refractivity contribution in [2.24, 2.45) is 0 Å². The fourth-order valence-corrected chi connectivity index (χ4v) is 2.59. The van der Waals surface area contributed by atoms with Gasteiger partial charge in [0.1, 0.15) is 0 Å². The van der Waals surface area contributed by atoms with Crippen LogP contribution in [-0.4, -0.2) is 34.1 Å². The number of pyridine rings is 1. The zero-order valence-corrected chi connectivity index (χ0v) is 12.7. The van der Waals surface area contributed by atoms with E-state index < -0.39 is 0 Å². The van der Waals surface area contributed by atoms with E-state index in [1.54, 1.807) is 12.4 Å². The van der Waals surface area contributed by atoms with Gasteiger partial charge in [-0.05, 0) is 23.8 Å². The zero-order valence-electron chi connectivity index (χ0n) is 12.7. The van der Waals surface area contributed by atoms with Crippen molar-refractivity contribution >= 4 is 22.4 Å². The number of benzene rings is 1. The third-order valence-corrected chi connectivity index (χ3v) is 3.98. The maximum absolute atomic E-state index is 4.35. The van der Waals surface area contributed by atoms with Crippen molar-refractivity contribution in [1.82, 2.24) is 20.3 Å². The summed E-state index contributed by atoms with van der Waals surface area (Å²) in [7, 11) is 0. The Morgan fingerprint density at radius 1 is 1.00 bits per heavy atom. The first-order valence-electron chi connectivity index (χ1n) is 7.73. The van der Waals surface area contributed by atoms with Gasteiger partial charge in [0, 0.05) is 38.2 Å².